The van der Waals surface area contributed by atoms with Crippen LogP contribution < -0.4 is 15.0 Å². The Morgan fingerprint density at radius 1 is 1.14 bits per heavy atom. The fraction of sp³-hybridized carbons (Fsp3) is 0.522. The molecule has 1 aromatic carbocycles. The van der Waals surface area contributed by atoms with Gasteiger partial charge in [0.15, 0.2) is 0 Å². The predicted octanol–water partition coefficient (Wildman–Crippen LogP) is 3.46. The highest BCUT2D eigenvalue weighted by molar-refractivity contribution is 5.78. The van der Waals surface area contributed by atoms with Crippen molar-refractivity contribution < 1.29 is 13.9 Å². The van der Waals surface area contributed by atoms with Gasteiger partial charge in [0.25, 0.3) is 0 Å². The first-order valence-corrected chi connectivity index (χ1v) is 10.7. The SMILES string of the molecule is COc1ccc(N2CCN(C(CNC(=O)C3CCCC3)c3ccco3)CC2)cc1. The number of amides is 1. The number of anilines is 1. The van der Waals surface area contributed by atoms with Crippen molar-refractivity contribution in [2.75, 3.05) is 44.7 Å². The van der Waals surface area contributed by atoms with Gasteiger partial charge in [-0.15, -0.1) is 0 Å². The molecule has 1 amide bonds. The van der Waals surface area contributed by atoms with Crippen molar-refractivity contribution in [1.82, 2.24) is 10.2 Å². The number of hydrogen-bond donors (Lipinski definition) is 1. The fourth-order valence-electron chi connectivity index (χ4n) is 4.50. The second-order valence-corrected chi connectivity index (χ2v) is 7.98. The second-order valence-electron chi connectivity index (χ2n) is 7.98. The molecule has 29 heavy (non-hydrogen) atoms. The van der Waals surface area contributed by atoms with E-state index in [0.717, 1.165) is 50.5 Å². The van der Waals surface area contributed by atoms with Crippen molar-refractivity contribution in [1.29, 1.82) is 0 Å². The molecule has 1 aliphatic carbocycles. The summed E-state index contributed by atoms with van der Waals surface area (Å²) < 4.78 is 11.0. The van der Waals surface area contributed by atoms with Crippen LogP contribution in [0.5, 0.6) is 5.75 Å². The van der Waals surface area contributed by atoms with Crippen molar-refractivity contribution in [2.24, 2.45) is 5.92 Å². The summed E-state index contributed by atoms with van der Waals surface area (Å²) in [6.07, 6.45) is 6.12. The molecule has 6 nitrogen and oxygen atoms in total. The third-order valence-electron chi connectivity index (χ3n) is 6.26. The summed E-state index contributed by atoms with van der Waals surface area (Å²) in [5.74, 6) is 2.20. The van der Waals surface area contributed by atoms with Crippen molar-refractivity contribution in [3.05, 3.63) is 48.4 Å². The molecule has 156 valence electrons. The number of nitrogens with one attached hydrogen (secondary N) is 1. The average Bonchev–Trinajstić information content (AvgIpc) is 3.49. The zero-order chi connectivity index (χ0) is 20.1. The zero-order valence-electron chi connectivity index (χ0n) is 17.2. The maximum atomic E-state index is 12.5. The van der Waals surface area contributed by atoms with E-state index in [0.29, 0.717) is 6.54 Å². The van der Waals surface area contributed by atoms with Gasteiger partial charge in [0.1, 0.15) is 11.5 Å². The number of carbonyl (C=O) groups is 1. The zero-order valence-corrected chi connectivity index (χ0v) is 17.2. The third kappa shape index (κ3) is 4.75. The number of benzene rings is 1. The van der Waals surface area contributed by atoms with Gasteiger partial charge < -0.3 is 19.4 Å². The van der Waals surface area contributed by atoms with Crippen LogP contribution in [-0.4, -0.2) is 50.6 Å². The molecule has 2 aliphatic rings. The van der Waals surface area contributed by atoms with Gasteiger partial charge in [-0.25, -0.2) is 0 Å². The van der Waals surface area contributed by atoms with Crippen LogP contribution in [0.1, 0.15) is 37.5 Å². The lowest BCUT2D eigenvalue weighted by molar-refractivity contribution is -0.125. The summed E-state index contributed by atoms with van der Waals surface area (Å²) in [6, 6.07) is 12.3. The van der Waals surface area contributed by atoms with E-state index in [2.05, 4.69) is 27.2 Å². The number of methoxy groups -OCH3 is 1. The molecule has 0 spiro atoms. The molecule has 0 bridgehead atoms. The van der Waals surface area contributed by atoms with Gasteiger partial charge in [-0.2, -0.15) is 0 Å². The van der Waals surface area contributed by atoms with E-state index in [1.807, 2.05) is 24.3 Å². The van der Waals surface area contributed by atoms with Gasteiger partial charge in [-0.05, 0) is 49.2 Å². The highest BCUT2D eigenvalue weighted by Gasteiger charge is 2.29. The normalized spacial score (nSPS) is 19.3. The number of carbonyl (C=O) groups excluding carboxylic acids is 1. The molecule has 6 heteroatoms. The summed E-state index contributed by atoms with van der Waals surface area (Å²) in [6.45, 7) is 4.35. The topological polar surface area (TPSA) is 58.0 Å². The van der Waals surface area contributed by atoms with Crippen molar-refractivity contribution in [2.45, 2.75) is 31.7 Å². The maximum Gasteiger partial charge on any atom is 0.223 e. The Bertz CT molecular complexity index is 761. The molecule has 2 fully saturated rings. The van der Waals surface area contributed by atoms with Crippen LogP contribution in [0.25, 0.3) is 0 Å². The first kappa shape index (κ1) is 19.8. The number of hydrogen-bond acceptors (Lipinski definition) is 5. The average molecular weight is 398 g/mol. The minimum atomic E-state index is 0.0772. The number of rotatable bonds is 7. The van der Waals surface area contributed by atoms with E-state index in [4.69, 9.17) is 9.15 Å². The second kappa shape index (κ2) is 9.35. The third-order valence-corrected chi connectivity index (χ3v) is 6.26. The van der Waals surface area contributed by atoms with Crippen LogP contribution in [0.3, 0.4) is 0 Å². The van der Waals surface area contributed by atoms with E-state index < -0.39 is 0 Å². The summed E-state index contributed by atoms with van der Waals surface area (Å²) in [5, 5.41) is 3.20. The van der Waals surface area contributed by atoms with Gasteiger partial charge >= 0.3 is 0 Å². The quantitative estimate of drug-likeness (QED) is 0.775. The van der Waals surface area contributed by atoms with E-state index in [1.165, 1.54) is 18.5 Å². The van der Waals surface area contributed by atoms with Gasteiger partial charge in [0, 0.05) is 44.3 Å². The summed E-state index contributed by atoms with van der Waals surface area (Å²) in [4.78, 5) is 17.3. The first-order valence-electron chi connectivity index (χ1n) is 10.7. The largest absolute Gasteiger partial charge is 0.497 e. The van der Waals surface area contributed by atoms with Crippen LogP contribution in [0.4, 0.5) is 5.69 Å². The van der Waals surface area contributed by atoms with E-state index >= 15 is 0 Å². The summed E-state index contributed by atoms with van der Waals surface area (Å²) >= 11 is 0. The summed E-state index contributed by atoms with van der Waals surface area (Å²) in [5.41, 5.74) is 1.22. The molecule has 1 aromatic heterocycles. The molecule has 1 N–H and O–H groups in total. The Balaban J connectivity index is 1.36. The molecule has 4 rings (SSSR count). The molecule has 1 saturated carbocycles. The molecule has 1 unspecified atom stereocenters. The molecule has 2 aromatic rings. The van der Waals surface area contributed by atoms with Crippen LogP contribution >= 0.6 is 0 Å². The van der Waals surface area contributed by atoms with Crippen molar-refractivity contribution in [3.8, 4) is 5.75 Å². The minimum absolute atomic E-state index is 0.0772. The lowest BCUT2D eigenvalue weighted by Gasteiger charge is -2.39. The molecule has 1 atom stereocenters. The lowest BCUT2D eigenvalue weighted by Crippen LogP contribution is -2.50. The first-order chi connectivity index (χ1) is 14.2. The fourth-order valence-corrected chi connectivity index (χ4v) is 4.50. The molecular formula is C23H31N3O3. The van der Waals surface area contributed by atoms with Crippen LogP contribution in [0.2, 0.25) is 0 Å². The number of furan rings is 1. The Labute approximate surface area is 172 Å². The van der Waals surface area contributed by atoms with Gasteiger partial charge in [-0.3, -0.25) is 9.69 Å². The Hall–Kier alpha value is -2.47. The highest BCUT2D eigenvalue weighted by atomic mass is 16.5. The van der Waals surface area contributed by atoms with E-state index in [9.17, 15) is 4.79 Å². The van der Waals surface area contributed by atoms with Crippen LogP contribution in [-0.2, 0) is 4.79 Å². The van der Waals surface area contributed by atoms with E-state index in [1.54, 1.807) is 13.4 Å². The van der Waals surface area contributed by atoms with Crippen LogP contribution in [0, 0.1) is 5.92 Å². The lowest BCUT2D eigenvalue weighted by atomic mass is 10.1. The Morgan fingerprint density at radius 2 is 1.86 bits per heavy atom. The number of ether oxygens (including phenoxy) is 1. The molecule has 1 aliphatic heterocycles. The predicted molar refractivity (Wildman–Crippen MR) is 113 cm³/mol. The molecule has 0 radical (unpaired) electrons. The van der Waals surface area contributed by atoms with E-state index in [-0.39, 0.29) is 17.9 Å². The summed E-state index contributed by atoms with van der Waals surface area (Å²) in [7, 11) is 1.69. The standard InChI is InChI=1S/C23H31N3O3/c1-28-20-10-8-19(9-11-20)25-12-14-26(15-13-25)21(22-7-4-16-29-22)17-24-23(27)18-5-2-3-6-18/h4,7-11,16,18,21H,2-3,5-6,12-15,17H2,1H3,(H,24,27). The minimum Gasteiger partial charge on any atom is -0.497 e. The molecule has 2 heterocycles. The van der Waals surface area contributed by atoms with Crippen molar-refractivity contribution >= 4 is 11.6 Å². The molecule has 1 saturated heterocycles. The Morgan fingerprint density at radius 3 is 2.48 bits per heavy atom. The Kier molecular flexibility index (Phi) is 6.39. The van der Waals surface area contributed by atoms with Gasteiger partial charge in [0.2, 0.25) is 5.91 Å². The number of nitrogens with zero attached hydrogens (tertiary/aromatic N) is 2. The molecular weight excluding hydrogens is 366 g/mol. The smallest absolute Gasteiger partial charge is 0.223 e. The maximum absolute atomic E-state index is 12.5. The highest BCUT2D eigenvalue weighted by Crippen LogP contribution is 2.27. The number of piperazine rings is 1. The van der Waals surface area contributed by atoms with Crippen molar-refractivity contribution in [3.63, 3.8) is 0 Å². The van der Waals surface area contributed by atoms with Gasteiger partial charge in [0.05, 0.1) is 19.4 Å². The monoisotopic (exact) mass is 397 g/mol. The van der Waals surface area contributed by atoms with Gasteiger partial charge in [-0.1, -0.05) is 12.8 Å². The van der Waals surface area contributed by atoms with Crippen LogP contribution in [0.15, 0.2) is 47.1 Å².